The molecule has 0 radical (unpaired) electrons. The van der Waals surface area contributed by atoms with E-state index in [1.165, 1.54) is 6.07 Å². The summed E-state index contributed by atoms with van der Waals surface area (Å²) in [5.74, 6) is -0.101. The van der Waals surface area contributed by atoms with Gasteiger partial charge in [-0.1, -0.05) is 23.2 Å². The first-order valence-electron chi connectivity index (χ1n) is 10.9. The standard InChI is InChI=1S/C24H25Cl2FN2O2/c25-15-6-16(26)8-19(7-15)31-20-9-17-3-4-18(10-20)29(17)12-14-5-23(27)22(24(28)30)11-21(14)13-1-2-13/h5-8,11,13,17-18,20H,1-4,9-10,12H2,(H2,28,30)/t17-,18+,20-. The third kappa shape index (κ3) is 4.41. The molecule has 1 aliphatic carbocycles. The number of primary amides is 1. The van der Waals surface area contributed by atoms with E-state index in [1.54, 1.807) is 24.3 Å². The van der Waals surface area contributed by atoms with Crippen LogP contribution in [0.3, 0.4) is 0 Å². The molecule has 2 heterocycles. The number of hydrogen-bond acceptors (Lipinski definition) is 3. The van der Waals surface area contributed by atoms with Crippen LogP contribution in [0.2, 0.25) is 10.0 Å². The quantitative estimate of drug-likeness (QED) is 0.600. The molecule has 2 saturated heterocycles. The lowest BCUT2D eigenvalue weighted by molar-refractivity contribution is 0.0443. The molecule has 3 fully saturated rings. The van der Waals surface area contributed by atoms with E-state index in [4.69, 9.17) is 33.7 Å². The number of nitrogens with two attached hydrogens (primary N) is 1. The summed E-state index contributed by atoms with van der Waals surface area (Å²) < 4.78 is 20.8. The van der Waals surface area contributed by atoms with Crippen LogP contribution in [0.5, 0.6) is 5.75 Å². The van der Waals surface area contributed by atoms with Gasteiger partial charge in [-0.15, -0.1) is 0 Å². The van der Waals surface area contributed by atoms with Gasteiger partial charge in [0.2, 0.25) is 0 Å². The molecule has 2 bridgehead atoms. The van der Waals surface area contributed by atoms with Gasteiger partial charge >= 0.3 is 0 Å². The first-order chi connectivity index (χ1) is 14.9. The first-order valence-corrected chi connectivity index (χ1v) is 11.6. The minimum atomic E-state index is -0.704. The summed E-state index contributed by atoms with van der Waals surface area (Å²) in [4.78, 5) is 14.1. The Hall–Kier alpha value is -1.82. The van der Waals surface area contributed by atoms with Crippen molar-refractivity contribution in [2.45, 2.75) is 69.2 Å². The molecule has 2 aliphatic heterocycles. The zero-order chi connectivity index (χ0) is 21.7. The Morgan fingerprint density at radius 2 is 1.68 bits per heavy atom. The third-order valence-electron chi connectivity index (χ3n) is 6.84. The summed E-state index contributed by atoms with van der Waals surface area (Å²) >= 11 is 12.2. The third-order valence-corrected chi connectivity index (χ3v) is 7.28. The predicted molar refractivity (Wildman–Crippen MR) is 119 cm³/mol. The van der Waals surface area contributed by atoms with Crippen LogP contribution >= 0.6 is 23.2 Å². The zero-order valence-corrected chi connectivity index (χ0v) is 18.6. The van der Waals surface area contributed by atoms with E-state index < -0.39 is 11.7 Å². The molecule has 1 saturated carbocycles. The molecule has 2 aromatic rings. The van der Waals surface area contributed by atoms with Gasteiger partial charge in [-0.2, -0.15) is 0 Å². The van der Waals surface area contributed by atoms with Crippen LogP contribution in [-0.4, -0.2) is 29.0 Å². The maximum absolute atomic E-state index is 14.5. The van der Waals surface area contributed by atoms with Crippen LogP contribution < -0.4 is 10.5 Å². The summed E-state index contributed by atoms with van der Waals surface area (Å²) in [6.45, 7) is 0.701. The monoisotopic (exact) mass is 462 g/mol. The number of fused-ring (bicyclic) bond motifs is 2. The van der Waals surface area contributed by atoms with Crippen LogP contribution in [0, 0.1) is 5.82 Å². The smallest absolute Gasteiger partial charge is 0.251 e. The van der Waals surface area contributed by atoms with Gasteiger partial charge in [0, 0.05) is 28.7 Å². The Morgan fingerprint density at radius 1 is 1.03 bits per heavy atom. The van der Waals surface area contributed by atoms with Crippen LogP contribution in [0.1, 0.15) is 65.9 Å². The summed E-state index contributed by atoms with van der Waals surface area (Å²) in [5.41, 5.74) is 7.44. The van der Waals surface area contributed by atoms with Crippen molar-refractivity contribution in [2.75, 3.05) is 0 Å². The molecule has 0 spiro atoms. The summed E-state index contributed by atoms with van der Waals surface area (Å²) in [7, 11) is 0. The van der Waals surface area contributed by atoms with E-state index >= 15 is 0 Å². The van der Waals surface area contributed by atoms with Crippen molar-refractivity contribution in [1.82, 2.24) is 4.90 Å². The van der Waals surface area contributed by atoms with Crippen molar-refractivity contribution >= 4 is 29.1 Å². The van der Waals surface area contributed by atoms with Gasteiger partial charge < -0.3 is 10.5 Å². The van der Waals surface area contributed by atoms with E-state index in [-0.39, 0.29) is 11.7 Å². The topological polar surface area (TPSA) is 55.6 Å². The lowest BCUT2D eigenvalue weighted by atomic mass is 9.95. The summed E-state index contributed by atoms with van der Waals surface area (Å²) in [6, 6.07) is 9.30. The Bertz CT molecular complexity index is 993. The minimum Gasteiger partial charge on any atom is -0.490 e. The highest BCUT2D eigenvalue weighted by Gasteiger charge is 2.42. The molecule has 31 heavy (non-hydrogen) atoms. The number of hydrogen-bond donors (Lipinski definition) is 1. The number of ether oxygens (including phenoxy) is 1. The number of halogens is 3. The fraction of sp³-hybridized carbons (Fsp3) is 0.458. The lowest BCUT2D eigenvalue weighted by Crippen LogP contribution is -2.45. The van der Waals surface area contributed by atoms with Crippen molar-refractivity contribution in [3.8, 4) is 5.75 Å². The average Bonchev–Trinajstić information content (AvgIpc) is 3.48. The molecular weight excluding hydrogens is 438 g/mol. The number of nitrogens with zero attached hydrogens (tertiary/aromatic N) is 1. The number of carbonyl (C=O) groups is 1. The molecule has 7 heteroatoms. The molecule has 164 valence electrons. The van der Waals surface area contributed by atoms with Crippen molar-refractivity contribution < 1.29 is 13.9 Å². The largest absolute Gasteiger partial charge is 0.490 e. The maximum atomic E-state index is 14.5. The van der Waals surface area contributed by atoms with Gasteiger partial charge in [0.1, 0.15) is 17.7 Å². The number of carbonyl (C=O) groups excluding carboxylic acids is 1. The molecule has 4 nitrogen and oxygen atoms in total. The first kappa shape index (κ1) is 21.0. The fourth-order valence-electron chi connectivity index (χ4n) is 5.30. The van der Waals surface area contributed by atoms with Crippen molar-refractivity contribution in [2.24, 2.45) is 5.73 Å². The predicted octanol–water partition coefficient (Wildman–Crippen LogP) is 5.68. The van der Waals surface area contributed by atoms with E-state index in [0.717, 1.165) is 49.7 Å². The van der Waals surface area contributed by atoms with Crippen LogP contribution in [-0.2, 0) is 6.54 Å². The molecule has 2 N–H and O–H groups in total. The van der Waals surface area contributed by atoms with Crippen molar-refractivity contribution in [1.29, 1.82) is 0 Å². The fourth-order valence-corrected chi connectivity index (χ4v) is 5.80. The van der Waals surface area contributed by atoms with E-state index in [9.17, 15) is 9.18 Å². The van der Waals surface area contributed by atoms with Gasteiger partial charge in [0.25, 0.3) is 5.91 Å². The highest BCUT2D eigenvalue weighted by atomic mass is 35.5. The van der Waals surface area contributed by atoms with Gasteiger partial charge in [0.05, 0.1) is 5.56 Å². The Balaban J connectivity index is 1.32. The molecule has 0 unspecified atom stereocenters. The summed E-state index contributed by atoms with van der Waals surface area (Å²) in [5, 5.41) is 1.13. The Labute approximate surface area is 191 Å². The Kier molecular flexibility index (Phi) is 5.61. The van der Waals surface area contributed by atoms with Gasteiger partial charge in [-0.3, -0.25) is 9.69 Å². The van der Waals surface area contributed by atoms with E-state index in [0.29, 0.717) is 40.3 Å². The molecule has 5 rings (SSSR count). The van der Waals surface area contributed by atoms with Crippen LogP contribution in [0.15, 0.2) is 30.3 Å². The maximum Gasteiger partial charge on any atom is 0.251 e. The number of benzene rings is 2. The van der Waals surface area contributed by atoms with Crippen molar-refractivity contribution in [3.63, 3.8) is 0 Å². The second-order valence-corrected chi connectivity index (χ2v) is 9.92. The highest BCUT2D eigenvalue weighted by molar-refractivity contribution is 6.34. The number of amides is 1. The second-order valence-electron chi connectivity index (χ2n) is 9.04. The molecule has 2 aromatic carbocycles. The van der Waals surface area contributed by atoms with Gasteiger partial charge in [-0.05, 0) is 85.9 Å². The summed E-state index contributed by atoms with van der Waals surface area (Å²) in [6.07, 6.45) is 6.34. The molecule has 3 aliphatic rings. The second kappa shape index (κ2) is 8.27. The molecular formula is C24H25Cl2FN2O2. The lowest BCUT2D eigenvalue weighted by Gasteiger charge is -2.39. The normalized spacial score (nSPS) is 25.6. The molecule has 1 amide bonds. The van der Waals surface area contributed by atoms with E-state index in [2.05, 4.69) is 4.90 Å². The zero-order valence-electron chi connectivity index (χ0n) is 17.1. The van der Waals surface area contributed by atoms with E-state index in [1.807, 2.05) is 0 Å². The minimum absolute atomic E-state index is 0.000845. The van der Waals surface area contributed by atoms with Gasteiger partial charge in [-0.25, -0.2) is 4.39 Å². The van der Waals surface area contributed by atoms with Crippen LogP contribution in [0.4, 0.5) is 4.39 Å². The van der Waals surface area contributed by atoms with Gasteiger partial charge in [0.15, 0.2) is 0 Å². The average molecular weight is 463 g/mol. The highest BCUT2D eigenvalue weighted by Crippen LogP contribution is 2.44. The van der Waals surface area contributed by atoms with Crippen molar-refractivity contribution in [3.05, 3.63) is 62.9 Å². The molecule has 3 atom stereocenters. The molecule has 0 aromatic heterocycles. The van der Waals surface area contributed by atoms with Crippen LogP contribution in [0.25, 0.3) is 0 Å². The number of piperidine rings is 1. The SMILES string of the molecule is NC(=O)c1cc(C2CC2)c(CN2[C@@H]3CC[C@H]2C[C@H](Oc2cc(Cl)cc(Cl)c2)C3)cc1F. The number of rotatable bonds is 6. The Morgan fingerprint density at radius 3 is 2.26 bits per heavy atom.